The van der Waals surface area contributed by atoms with Crippen molar-refractivity contribution in [3.8, 4) is 5.75 Å². The Morgan fingerprint density at radius 2 is 1.89 bits per heavy atom. The molecule has 108 valence electrons. The van der Waals surface area contributed by atoms with E-state index in [0.29, 0.717) is 0 Å². The van der Waals surface area contributed by atoms with Gasteiger partial charge in [-0.05, 0) is 18.6 Å². The normalized spacial score (nSPS) is 10.4. The Morgan fingerprint density at radius 3 is 2.68 bits per heavy atom. The van der Waals surface area contributed by atoms with Crippen molar-refractivity contribution in [2.75, 3.05) is 45.3 Å². The Hall–Kier alpha value is -1.26. The Balaban J connectivity index is 2.27. The van der Waals surface area contributed by atoms with Crippen LogP contribution in [0.25, 0.3) is 0 Å². The standard InChI is InChI=1S/C15H26N2O2/c1-3-4-12-19-15-8-6-5-7-14(15)17-10-9-16-11-13-18-2/h5-8,16-17H,3-4,9-13H2,1-2H3. The number of methoxy groups -OCH3 is 1. The summed E-state index contributed by atoms with van der Waals surface area (Å²) in [7, 11) is 1.71. The van der Waals surface area contributed by atoms with Gasteiger partial charge in [-0.25, -0.2) is 0 Å². The first-order valence-corrected chi connectivity index (χ1v) is 7.03. The number of unbranched alkanes of at least 4 members (excludes halogenated alkanes) is 1. The summed E-state index contributed by atoms with van der Waals surface area (Å²) in [6, 6.07) is 8.09. The van der Waals surface area contributed by atoms with Crippen molar-refractivity contribution in [2.45, 2.75) is 19.8 Å². The summed E-state index contributed by atoms with van der Waals surface area (Å²) in [4.78, 5) is 0. The fourth-order valence-corrected chi connectivity index (χ4v) is 1.65. The average molecular weight is 266 g/mol. The molecule has 4 nitrogen and oxygen atoms in total. The average Bonchev–Trinajstić information content (AvgIpc) is 2.44. The molecule has 0 aromatic heterocycles. The van der Waals surface area contributed by atoms with Gasteiger partial charge in [-0.15, -0.1) is 0 Å². The molecule has 1 rings (SSSR count). The molecule has 0 spiro atoms. The smallest absolute Gasteiger partial charge is 0.142 e. The SMILES string of the molecule is CCCCOc1ccccc1NCCNCCOC. The number of para-hydroxylation sites is 2. The van der Waals surface area contributed by atoms with Gasteiger partial charge in [0.15, 0.2) is 0 Å². The maximum absolute atomic E-state index is 5.77. The molecule has 0 aliphatic carbocycles. The second-order valence-corrected chi connectivity index (χ2v) is 4.37. The number of rotatable bonds is 11. The third kappa shape index (κ3) is 7.03. The molecular formula is C15H26N2O2. The van der Waals surface area contributed by atoms with E-state index >= 15 is 0 Å². The molecule has 0 bridgehead atoms. The lowest BCUT2D eigenvalue weighted by Crippen LogP contribution is -2.25. The van der Waals surface area contributed by atoms with Crippen LogP contribution in [0.1, 0.15) is 19.8 Å². The molecule has 0 saturated heterocycles. The van der Waals surface area contributed by atoms with Crippen molar-refractivity contribution in [1.29, 1.82) is 0 Å². The molecule has 4 heteroatoms. The highest BCUT2D eigenvalue weighted by Crippen LogP contribution is 2.23. The zero-order chi connectivity index (χ0) is 13.8. The Bertz CT molecular complexity index is 332. The van der Waals surface area contributed by atoms with E-state index in [9.17, 15) is 0 Å². The van der Waals surface area contributed by atoms with Crippen LogP contribution in [0.2, 0.25) is 0 Å². The van der Waals surface area contributed by atoms with Crippen LogP contribution < -0.4 is 15.4 Å². The molecule has 0 atom stereocenters. The van der Waals surface area contributed by atoms with E-state index in [-0.39, 0.29) is 0 Å². The van der Waals surface area contributed by atoms with Gasteiger partial charge in [0.2, 0.25) is 0 Å². The van der Waals surface area contributed by atoms with Gasteiger partial charge in [0, 0.05) is 26.7 Å². The fourth-order valence-electron chi connectivity index (χ4n) is 1.65. The first-order valence-electron chi connectivity index (χ1n) is 7.03. The van der Waals surface area contributed by atoms with E-state index in [1.54, 1.807) is 7.11 Å². The van der Waals surface area contributed by atoms with Crippen LogP contribution >= 0.6 is 0 Å². The zero-order valence-corrected chi connectivity index (χ0v) is 12.1. The van der Waals surface area contributed by atoms with Gasteiger partial charge in [0.25, 0.3) is 0 Å². The largest absolute Gasteiger partial charge is 0.491 e. The summed E-state index contributed by atoms with van der Waals surface area (Å²) < 4.78 is 10.7. The van der Waals surface area contributed by atoms with Crippen LogP contribution in [0.5, 0.6) is 5.75 Å². The Morgan fingerprint density at radius 1 is 1.05 bits per heavy atom. The van der Waals surface area contributed by atoms with Crippen molar-refractivity contribution < 1.29 is 9.47 Å². The zero-order valence-electron chi connectivity index (χ0n) is 12.1. The number of benzene rings is 1. The van der Waals surface area contributed by atoms with E-state index < -0.39 is 0 Å². The minimum atomic E-state index is 0.747. The minimum absolute atomic E-state index is 0.747. The summed E-state index contributed by atoms with van der Waals surface area (Å²) in [5.74, 6) is 0.938. The van der Waals surface area contributed by atoms with Crippen LogP contribution in [-0.2, 0) is 4.74 Å². The van der Waals surface area contributed by atoms with Gasteiger partial charge < -0.3 is 20.1 Å². The topological polar surface area (TPSA) is 42.5 Å². The maximum Gasteiger partial charge on any atom is 0.142 e. The lowest BCUT2D eigenvalue weighted by molar-refractivity contribution is 0.200. The van der Waals surface area contributed by atoms with Gasteiger partial charge >= 0.3 is 0 Å². The summed E-state index contributed by atoms with van der Waals surface area (Å²) in [5.41, 5.74) is 1.06. The van der Waals surface area contributed by atoms with E-state index in [0.717, 1.165) is 57.1 Å². The molecule has 0 saturated carbocycles. The van der Waals surface area contributed by atoms with Gasteiger partial charge in [-0.1, -0.05) is 25.5 Å². The van der Waals surface area contributed by atoms with Crippen LogP contribution in [0, 0.1) is 0 Å². The maximum atomic E-state index is 5.77. The van der Waals surface area contributed by atoms with Crippen molar-refractivity contribution in [3.05, 3.63) is 24.3 Å². The summed E-state index contributed by atoms with van der Waals surface area (Å²) in [5, 5.41) is 6.69. The lowest BCUT2D eigenvalue weighted by Gasteiger charge is -2.13. The number of anilines is 1. The fraction of sp³-hybridized carbons (Fsp3) is 0.600. The first kappa shape index (κ1) is 15.8. The second kappa shape index (κ2) is 10.6. The summed E-state index contributed by atoms with van der Waals surface area (Å²) in [6.45, 7) is 6.36. The molecule has 0 aliphatic heterocycles. The highest BCUT2D eigenvalue weighted by Gasteiger charge is 2.01. The van der Waals surface area contributed by atoms with Crippen LogP contribution in [0.4, 0.5) is 5.69 Å². The van der Waals surface area contributed by atoms with Gasteiger partial charge in [0.05, 0.1) is 18.9 Å². The van der Waals surface area contributed by atoms with Gasteiger partial charge in [0.1, 0.15) is 5.75 Å². The molecule has 0 aliphatic rings. The van der Waals surface area contributed by atoms with Crippen molar-refractivity contribution in [1.82, 2.24) is 5.32 Å². The molecular weight excluding hydrogens is 240 g/mol. The summed E-state index contributed by atoms with van der Waals surface area (Å²) in [6.07, 6.45) is 2.24. The van der Waals surface area contributed by atoms with Crippen molar-refractivity contribution >= 4 is 5.69 Å². The van der Waals surface area contributed by atoms with E-state index in [4.69, 9.17) is 9.47 Å². The third-order valence-corrected chi connectivity index (χ3v) is 2.74. The van der Waals surface area contributed by atoms with E-state index in [1.807, 2.05) is 18.2 Å². The molecule has 1 aromatic carbocycles. The van der Waals surface area contributed by atoms with Gasteiger partial charge in [-0.2, -0.15) is 0 Å². The number of hydrogen-bond donors (Lipinski definition) is 2. The predicted molar refractivity (Wildman–Crippen MR) is 80.1 cm³/mol. The minimum Gasteiger partial charge on any atom is -0.491 e. The molecule has 0 fully saturated rings. The molecule has 0 heterocycles. The second-order valence-electron chi connectivity index (χ2n) is 4.37. The van der Waals surface area contributed by atoms with E-state index in [2.05, 4.69) is 23.6 Å². The molecule has 2 N–H and O–H groups in total. The van der Waals surface area contributed by atoms with Gasteiger partial charge in [-0.3, -0.25) is 0 Å². The van der Waals surface area contributed by atoms with Crippen molar-refractivity contribution in [2.24, 2.45) is 0 Å². The van der Waals surface area contributed by atoms with E-state index in [1.165, 1.54) is 0 Å². The first-order chi connectivity index (χ1) is 9.38. The van der Waals surface area contributed by atoms with Crippen LogP contribution in [0.3, 0.4) is 0 Å². The highest BCUT2D eigenvalue weighted by molar-refractivity contribution is 5.56. The Labute approximate surface area is 116 Å². The predicted octanol–water partition coefficient (Wildman–Crippen LogP) is 2.51. The molecule has 0 amide bonds. The number of nitrogens with one attached hydrogen (secondary N) is 2. The number of ether oxygens (including phenoxy) is 2. The highest BCUT2D eigenvalue weighted by atomic mass is 16.5. The number of hydrogen-bond acceptors (Lipinski definition) is 4. The third-order valence-electron chi connectivity index (χ3n) is 2.74. The molecule has 1 aromatic rings. The Kier molecular flexibility index (Phi) is 8.85. The monoisotopic (exact) mass is 266 g/mol. The lowest BCUT2D eigenvalue weighted by atomic mass is 10.3. The molecule has 0 radical (unpaired) electrons. The van der Waals surface area contributed by atoms with Crippen molar-refractivity contribution in [3.63, 3.8) is 0 Å². The summed E-state index contributed by atoms with van der Waals surface area (Å²) >= 11 is 0. The van der Waals surface area contributed by atoms with Crippen LogP contribution in [0.15, 0.2) is 24.3 Å². The molecule has 19 heavy (non-hydrogen) atoms. The quantitative estimate of drug-likeness (QED) is 0.604. The molecule has 0 unspecified atom stereocenters. The van der Waals surface area contributed by atoms with Crippen LogP contribution in [-0.4, -0.2) is 40.0 Å².